The van der Waals surface area contributed by atoms with Crippen molar-refractivity contribution in [2.75, 3.05) is 5.75 Å². The van der Waals surface area contributed by atoms with Gasteiger partial charge in [0.25, 0.3) is 0 Å². The van der Waals surface area contributed by atoms with E-state index >= 15 is 0 Å². The van der Waals surface area contributed by atoms with E-state index in [2.05, 4.69) is 49.9 Å². The SMILES string of the molecule is CC1=C(C)CC2(Cc3ccccc3OC23CCCCC3)SC1. The maximum Gasteiger partial charge on any atom is 0.124 e. The van der Waals surface area contributed by atoms with Crippen LogP contribution < -0.4 is 4.74 Å². The third kappa shape index (κ3) is 2.14. The van der Waals surface area contributed by atoms with Crippen molar-refractivity contribution in [2.24, 2.45) is 0 Å². The Balaban J connectivity index is 1.80. The van der Waals surface area contributed by atoms with Gasteiger partial charge >= 0.3 is 0 Å². The lowest BCUT2D eigenvalue weighted by atomic mass is 9.68. The van der Waals surface area contributed by atoms with Gasteiger partial charge in [0.15, 0.2) is 0 Å². The second kappa shape index (κ2) is 5.33. The third-order valence-electron chi connectivity index (χ3n) is 6.09. The van der Waals surface area contributed by atoms with Gasteiger partial charge in [0.1, 0.15) is 11.4 Å². The predicted molar refractivity (Wildman–Crippen MR) is 94.8 cm³/mol. The summed E-state index contributed by atoms with van der Waals surface area (Å²) in [6, 6.07) is 8.74. The molecule has 2 heterocycles. The van der Waals surface area contributed by atoms with Crippen molar-refractivity contribution in [1.82, 2.24) is 0 Å². The molecule has 0 N–H and O–H groups in total. The maximum atomic E-state index is 6.79. The fourth-order valence-electron chi connectivity index (χ4n) is 4.61. The highest BCUT2D eigenvalue weighted by Crippen LogP contribution is 2.57. The van der Waals surface area contributed by atoms with Crippen LogP contribution in [0.3, 0.4) is 0 Å². The number of rotatable bonds is 0. The minimum absolute atomic E-state index is 0.0617. The zero-order chi connectivity index (χ0) is 15.2. The van der Waals surface area contributed by atoms with Gasteiger partial charge in [0.2, 0.25) is 0 Å². The van der Waals surface area contributed by atoms with Gasteiger partial charge in [-0.15, -0.1) is 11.8 Å². The molecule has 1 aromatic carbocycles. The highest BCUT2D eigenvalue weighted by molar-refractivity contribution is 8.01. The minimum Gasteiger partial charge on any atom is -0.486 e. The highest BCUT2D eigenvalue weighted by Gasteiger charge is 2.57. The van der Waals surface area contributed by atoms with Crippen LogP contribution in [0.25, 0.3) is 0 Å². The molecular weight excluding hydrogens is 288 g/mol. The molecule has 2 spiro atoms. The lowest BCUT2D eigenvalue weighted by molar-refractivity contribution is -0.0211. The second-order valence-electron chi connectivity index (χ2n) is 7.46. The van der Waals surface area contributed by atoms with E-state index in [1.54, 1.807) is 11.1 Å². The zero-order valence-electron chi connectivity index (χ0n) is 13.8. The van der Waals surface area contributed by atoms with Crippen molar-refractivity contribution in [3.8, 4) is 5.75 Å². The first kappa shape index (κ1) is 14.7. The highest BCUT2D eigenvalue weighted by atomic mass is 32.2. The van der Waals surface area contributed by atoms with Gasteiger partial charge in [0, 0.05) is 5.75 Å². The number of hydrogen-bond donors (Lipinski definition) is 0. The van der Waals surface area contributed by atoms with Gasteiger partial charge in [-0.1, -0.05) is 35.8 Å². The van der Waals surface area contributed by atoms with E-state index in [1.807, 2.05) is 0 Å². The molecule has 1 atom stereocenters. The Bertz CT molecular complexity index is 612. The van der Waals surface area contributed by atoms with Crippen LogP contribution in [-0.4, -0.2) is 16.1 Å². The molecule has 1 unspecified atom stereocenters. The van der Waals surface area contributed by atoms with Crippen LogP contribution in [0.1, 0.15) is 57.9 Å². The van der Waals surface area contributed by atoms with Crippen LogP contribution >= 0.6 is 11.8 Å². The molecule has 22 heavy (non-hydrogen) atoms. The molecule has 2 heteroatoms. The fourth-order valence-corrected chi connectivity index (χ4v) is 6.43. The van der Waals surface area contributed by atoms with Gasteiger partial charge in [-0.25, -0.2) is 0 Å². The van der Waals surface area contributed by atoms with Crippen LogP contribution in [0.15, 0.2) is 35.4 Å². The van der Waals surface area contributed by atoms with Crippen molar-refractivity contribution in [3.05, 3.63) is 41.0 Å². The molecule has 0 bridgehead atoms. The normalized spacial score (nSPS) is 30.3. The Kier molecular flexibility index (Phi) is 3.56. The van der Waals surface area contributed by atoms with E-state index < -0.39 is 0 Å². The van der Waals surface area contributed by atoms with E-state index in [1.165, 1.54) is 56.3 Å². The predicted octanol–water partition coefficient (Wildman–Crippen LogP) is 5.54. The number of thioether (sulfide) groups is 1. The van der Waals surface area contributed by atoms with Gasteiger partial charge in [-0.3, -0.25) is 0 Å². The summed E-state index contributed by atoms with van der Waals surface area (Å²) in [5.41, 5.74) is 4.66. The third-order valence-corrected chi connectivity index (χ3v) is 7.88. The molecule has 0 amide bonds. The Labute approximate surface area is 138 Å². The van der Waals surface area contributed by atoms with Crippen molar-refractivity contribution in [3.63, 3.8) is 0 Å². The molecule has 1 fully saturated rings. The minimum atomic E-state index is 0.0617. The van der Waals surface area contributed by atoms with Crippen LogP contribution in [0.5, 0.6) is 5.75 Å². The van der Waals surface area contributed by atoms with Crippen molar-refractivity contribution in [2.45, 2.75) is 69.1 Å². The van der Waals surface area contributed by atoms with Crippen LogP contribution in [-0.2, 0) is 6.42 Å². The summed E-state index contributed by atoms with van der Waals surface area (Å²) in [4.78, 5) is 0. The average Bonchev–Trinajstić information content (AvgIpc) is 2.53. The first-order valence-corrected chi connectivity index (χ1v) is 9.69. The smallest absolute Gasteiger partial charge is 0.124 e. The van der Waals surface area contributed by atoms with Crippen LogP contribution in [0, 0.1) is 0 Å². The van der Waals surface area contributed by atoms with Gasteiger partial charge in [-0.05, 0) is 64.0 Å². The summed E-state index contributed by atoms with van der Waals surface area (Å²) < 4.78 is 7.05. The van der Waals surface area contributed by atoms with E-state index in [4.69, 9.17) is 4.74 Å². The average molecular weight is 314 g/mol. The maximum absolute atomic E-state index is 6.79. The quantitative estimate of drug-likeness (QED) is 0.582. The molecule has 1 nitrogen and oxygen atoms in total. The Hall–Kier alpha value is -0.890. The van der Waals surface area contributed by atoms with E-state index in [-0.39, 0.29) is 10.3 Å². The molecule has 2 aliphatic heterocycles. The van der Waals surface area contributed by atoms with Crippen molar-refractivity contribution in [1.29, 1.82) is 0 Å². The Morgan fingerprint density at radius 3 is 2.50 bits per heavy atom. The fraction of sp³-hybridized carbons (Fsp3) is 0.600. The number of hydrogen-bond acceptors (Lipinski definition) is 2. The molecule has 0 radical (unpaired) electrons. The lowest BCUT2D eigenvalue weighted by Crippen LogP contribution is -2.61. The summed E-state index contributed by atoms with van der Waals surface area (Å²) >= 11 is 2.18. The molecule has 0 aromatic heterocycles. The summed E-state index contributed by atoms with van der Waals surface area (Å²) in [7, 11) is 0. The molecule has 1 saturated carbocycles. The summed E-state index contributed by atoms with van der Waals surface area (Å²) in [5.74, 6) is 2.33. The zero-order valence-corrected chi connectivity index (χ0v) is 14.6. The summed E-state index contributed by atoms with van der Waals surface area (Å²) in [6.07, 6.45) is 8.89. The Morgan fingerprint density at radius 2 is 1.73 bits per heavy atom. The Morgan fingerprint density at radius 1 is 0.955 bits per heavy atom. The number of para-hydroxylation sites is 1. The first-order chi connectivity index (χ1) is 10.6. The number of allylic oxidation sites excluding steroid dienone is 1. The van der Waals surface area contributed by atoms with Gasteiger partial charge in [0.05, 0.1) is 4.75 Å². The molecule has 1 aromatic rings. The van der Waals surface area contributed by atoms with Crippen LogP contribution in [0.2, 0.25) is 0 Å². The van der Waals surface area contributed by atoms with Gasteiger partial charge in [-0.2, -0.15) is 0 Å². The number of fused-ring (bicyclic) bond motifs is 2. The largest absolute Gasteiger partial charge is 0.486 e. The van der Waals surface area contributed by atoms with E-state index in [9.17, 15) is 0 Å². The summed E-state index contributed by atoms with van der Waals surface area (Å²) in [6.45, 7) is 4.65. The summed E-state index contributed by atoms with van der Waals surface area (Å²) in [5, 5.41) is 0. The number of benzene rings is 1. The molecule has 0 saturated heterocycles. The van der Waals surface area contributed by atoms with Crippen molar-refractivity contribution >= 4 is 11.8 Å². The topological polar surface area (TPSA) is 9.23 Å². The monoisotopic (exact) mass is 314 g/mol. The standard InChI is InChI=1S/C20H26OS/c1-15-12-20(22-14-16(15)2)13-17-8-4-5-9-18(17)21-19(20)10-6-3-7-11-19/h4-5,8-9H,3,6-7,10-14H2,1-2H3. The molecular formula is C20H26OS. The first-order valence-electron chi connectivity index (χ1n) is 8.70. The van der Waals surface area contributed by atoms with Crippen LogP contribution in [0.4, 0.5) is 0 Å². The molecule has 1 aliphatic carbocycles. The molecule has 118 valence electrons. The van der Waals surface area contributed by atoms with E-state index in [0.29, 0.717) is 0 Å². The van der Waals surface area contributed by atoms with Gasteiger partial charge < -0.3 is 4.74 Å². The second-order valence-corrected chi connectivity index (χ2v) is 8.82. The molecule has 4 rings (SSSR count). The number of ether oxygens (including phenoxy) is 1. The van der Waals surface area contributed by atoms with Crippen molar-refractivity contribution < 1.29 is 4.74 Å². The molecule has 3 aliphatic rings. The lowest BCUT2D eigenvalue weighted by Gasteiger charge is -2.56. The van der Waals surface area contributed by atoms with E-state index in [0.717, 1.165) is 5.75 Å².